The second kappa shape index (κ2) is 14.4. The molecule has 0 spiro atoms. The van der Waals surface area contributed by atoms with Gasteiger partial charge in [0.1, 0.15) is 11.6 Å². The molecule has 5 rings (SSSR count). The molecule has 0 radical (unpaired) electrons. The van der Waals surface area contributed by atoms with Crippen molar-refractivity contribution in [1.29, 1.82) is 0 Å². The number of amides is 1. The normalized spacial score (nSPS) is 10.8. The zero-order valence-electron chi connectivity index (χ0n) is 24.3. The number of nitrogens with one attached hydrogen (secondary N) is 1. The molecule has 0 aliphatic rings. The average Bonchev–Trinajstić information content (AvgIpc) is 3.55. The van der Waals surface area contributed by atoms with Crippen LogP contribution in [0.15, 0.2) is 101 Å². The quantitative estimate of drug-likeness (QED) is 0.129. The number of hydrogen-bond acceptors (Lipinski definition) is 9. The molecule has 1 N–H and O–H groups in total. The van der Waals surface area contributed by atoms with Gasteiger partial charge in [-0.25, -0.2) is 9.97 Å². The fourth-order valence-corrected chi connectivity index (χ4v) is 5.11. The lowest BCUT2D eigenvalue weighted by Gasteiger charge is -2.20. The number of benzene rings is 2. The lowest BCUT2D eigenvalue weighted by atomic mass is 10.1. The van der Waals surface area contributed by atoms with Crippen LogP contribution in [0.1, 0.15) is 27.4 Å². The molecule has 43 heavy (non-hydrogen) atoms. The molecule has 3 aromatic heterocycles. The fourth-order valence-electron chi connectivity index (χ4n) is 4.36. The number of carbonyl (C=O) groups excluding carboxylic acids is 1. The molecule has 0 saturated heterocycles. The highest BCUT2D eigenvalue weighted by Gasteiger charge is 2.15. The average molecular weight is 596 g/mol. The summed E-state index contributed by atoms with van der Waals surface area (Å²) in [5, 5.41) is 3.49. The van der Waals surface area contributed by atoms with Crippen molar-refractivity contribution in [2.24, 2.45) is 0 Å². The standard InChI is InChI=1S/C33H33N5O4S/c1-38(18-15-23-9-11-28(40-2)30(19-23)41-3)31-20-27(25-7-5-4-6-8-25)36-33(37-31)43-22-26-10-12-29(42-26)32(39)35-21-24-13-16-34-17-14-24/h4-14,16-17,19-20H,15,18,21-22H2,1-3H3,(H,35,39). The Balaban J connectivity index is 1.27. The number of nitrogens with zero attached hydrogens (tertiary/aromatic N) is 4. The van der Waals surface area contributed by atoms with Crippen LogP contribution in [0, 0.1) is 0 Å². The molecule has 220 valence electrons. The van der Waals surface area contributed by atoms with Crippen LogP contribution in [0.3, 0.4) is 0 Å². The second-order valence-corrected chi connectivity index (χ2v) is 10.7. The van der Waals surface area contributed by atoms with Gasteiger partial charge in [-0.15, -0.1) is 0 Å². The predicted molar refractivity (Wildman–Crippen MR) is 168 cm³/mol. The summed E-state index contributed by atoms with van der Waals surface area (Å²) in [6.07, 6.45) is 4.18. The molecule has 5 aromatic rings. The fraction of sp³-hybridized carbons (Fsp3) is 0.212. The number of furan rings is 1. The van der Waals surface area contributed by atoms with Gasteiger partial charge in [-0.2, -0.15) is 0 Å². The van der Waals surface area contributed by atoms with Gasteiger partial charge >= 0.3 is 0 Å². The Kier molecular flexibility index (Phi) is 9.91. The first kappa shape index (κ1) is 29.7. The van der Waals surface area contributed by atoms with E-state index in [9.17, 15) is 4.79 Å². The van der Waals surface area contributed by atoms with Crippen molar-refractivity contribution in [3.05, 3.63) is 114 Å². The number of anilines is 1. The van der Waals surface area contributed by atoms with Crippen LogP contribution in [-0.2, 0) is 18.7 Å². The highest BCUT2D eigenvalue weighted by molar-refractivity contribution is 7.98. The highest BCUT2D eigenvalue weighted by Crippen LogP contribution is 2.29. The summed E-state index contributed by atoms with van der Waals surface area (Å²) in [4.78, 5) is 28.4. The Morgan fingerprint density at radius 3 is 2.47 bits per heavy atom. The van der Waals surface area contributed by atoms with Crippen LogP contribution >= 0.6 is 11.8 Å². The van der Waals surface area contributed by atoms with E-state index in [1.165, 1.54) is 11.8 Å². The van der Waals surface area contributed by atoms with Crippen LogP contribution in [0.2, 0.25) is 0 Å². The van der Waals surface area contributed by atoms with Crippen LogP contribution in [0.4, 0.5) is 5.82 Å². The first-order valence-electron chi connectivity index (χ1n) is 13.8. The topological polar surface area (TPSA) is 103 Å². The van der Waals surface area contributed by atoms with Crippen molar-refractivity contribution in [3.8, 4) is 22.8 Å². The molecule has 0 unspecified atom stereocenters. The van der Waals surface area contributed by atoms with E-state index in [2.05, 4.69) is 15.2 Å². The molecule has 0 saturated carbocycles. The van der Waals surface area contributed by atoms with E-state index in [-0.39, 0.29) is 11.7 Å². The molecular weight excluding hydrogens is 562 g/mol. The van der Waals surface area contributed by atoms with Crippen molar-refractivity contribution in [3.63, 3.8) is 0 Å². The minimum Gasteiger partial charge on any atom is -0.493 e. The highest BCUT2D eigenvalue weighted by atomic mass is 32.2. The molecule has 3 heterocycles. The Hall–Kier alpha value is -4.83. The summed E-state index contributed by atoms with van der Waals surface area (Å²) < 4.78 is 16.7. The number of aromatic nitrogens is 3. The number of pyridine rings is 1. The van der Waals surface area contributed by atoms with Crippen molar-refractivity contribution >= 4 is 23.5 Å². The predicted octanol–water partition coefficient (Wildman–Crippen LogP) is 6.05. The van der Waals surface area contributed by atoms with Crippen LogP contribution < -0.4 is 19.7 Å². The zero-order chi connectivity index (χ0) is 30.0. The molecular formula is C33H33N5O4S. The third-order valence-electron chi connectivity index (χ3n) is 6.77. The molecule has 0 bridgehead atoms. The summed E-state index contributed by atoms with van der Waals surface area (Å²) in [7, 11) is 5.30. The van der Waals surface area contributed by atoms with Gasteiger partial charge in [-0.1, -0.05) is 48.2 Å². The minimum absolute atomic E-state index is 0.263. The monoisotopic (exact) mass is 595 g/mol. The van der Waals surface area contributed by atoms with Gasteiger partial charge in [0.05, 0.1) is 25.7 Å². The maximum Gasteiger partial charge on any atom is 0.287 e. The van der Waals surface area contributed by atoms with E-state index >= 15 is 0 Å². The molecule has 0 aliphatic heterocycles. The molecule has 2 aromatic carbocycles. The third-order valence-corrected chi connectivity index (χ3v) is 7.64. The van der Waals surface area contributed by atoms with E-state index in [0.29, 0.717) is 34.7 Å². The largest absolute Gasteiger partial charge is 0.493 e. The van der Waals surface area contributed by atoms with Crippen LogP contribution in [0.5, 0.6) is 11.5 Å². The Morgan fingerprint density at radius 2 is 1.70 bits per heavy atom. The Bertz CT molecular complexity index is 1650. The van der Waals surface area contributed by atoms with Crippen molar-refractivity contribution in [2.45, 2.75) is 23.9 Å². The second-order valence-electron chi connectivity index (χ2n) is 9.71. The van der Waals surface area contributed by atoms with E-state index in [0.717, 1.165) is 41.2 Å². The van der Waals surface area contributed by atoms with Crippen LogP contribution in [0.25, 0.3) is 11.3 Å². The van der Waals surface area contributed by atoms with Crippen molar-refractivity contribution in [1.82, 2.24) is 20.3 Å². The van der Waals surface area contributed by atoms with E-state index in [4.69, 9.17) is 23.9 Å². The first-order valence-corrected chi connectivity index (χ1v) is 14.8. The molecule has 9 nitrogen and oxygen atoms in total. The number of hydrogen-bond donors (Lipinski definition) is 1. The van der Waals surface area contributed by atoms with E-state index in [1.54, 1.807) is 32.7 Å². The lowest BCUT2D eigenvalue weighted by Crippen LogP contribution is -2.22. The number of carbonyl (C=O) groups is 1. The van der Waals surface area contributed by atoms with Gasteiger partial charge in [0.15, 0.2) is 22.4 Å². The lowest BCUT2D eigenvalue weighted by molar-refractivity contribution is 0.0921. The Morgan fingerprint density at radius 1 is 0.907 bits per heavy atom. The Labute approximate surface area is 255 Å². The molecule has 0 atom stereocenters. The summed E-state index contributed by atoms with van der Waals surface area (Å²) in [5.74, 6) is 3.36. The van der Waals surface area contributed by atoms with Gasteiger partial charge in [-0.3, -0.25) is 9.78 Å². The van der Waals surface area contributed by atoms with E-state index in [1.807, 2.05) is 79.8 Å². The van der Waals surface area contributed by atoms with Gasteiger partial charge in [0, 0.05) is 44.2 Å². The number of rotatable bonds is 13. The summed E-state index contributed by atoms with van der Waals surface area (Å²) >= 11 is 1.46. The SMILES string of the molecule is COc1ccc(CCN(C)c2cc(-c3ccccc3)nc(SCc3ccc(C(=O)NCc4ccncc4)o3)n2)cc1OC. The van der Waals surface area contributed by atoms with Gasteiger partial charge in [-0.05, 0) is 53.9 Å². The number of thioether (sulfide) groups is 1. The van der Waals surface area contributed by atoms with Crippen LogP contribution in [-0.4, -0.2) is 48.7 Å². The molecule has 0 aliphatic carbocycles. The number of methoxy groups -OCH3 is 2. The summed E-state index contributed by atoms with van der Waals surface area (Å²) in [6.45, 7) is 1.13. The number of ether oxygens (including phenoxy) is 2. The molecule has 1 amide bonds. The maximum absolute atomic E-state index is 12.6. The van der Waals surface area contributed by atoms with Crippen molar-refractivity contribution < 1.29 is 18.7 Å². The van der Waals surface area contributed by atoms with E-state index < -0.39 is 0 Å². The third kappa shape index (κ3) is 7.92. The maximum atomic E-state index is 12.6. The molecule has 0 fully saturated rings. The first-order chi connectivity index (χ1) is 21.0. The minimum atomic E-state index is -0.270. The van der Waals surface area contributed by atoms with Crippen molar-refractivity contribution in [2.75, 3.05) is 32.7 Å². The van der Waals surface area contributed by atoms with Gasteiger partial charge in [0.25, 0.3) is 5.91 Å². The summed E-state index contributed by atoms with van der Waals surface area (Å²) in [6, 6.07) is 25.2. The smallest absolute Gasteiger partial charge is 0.287 e. The molecule has 10 heteroatoms. The summed E-state index contributed by atoms with van der Waals surface area (Å²) in [5.41, 5.74) is 3.94. The van der Waals surface area contributed by atoms with Gasteiger partial charge < -0.3 is 24.1 Å². The van der Waals surface area contributed by atoms with Gasteiger partial charge in [0.2, 0.25) is 0 Å². The zero-order valence-corrected chi connectivity index (χ0v) is 25.1. The number of likely N-dealkylation sites (N-methyl/N-ethyl adjacent to an activating group) is 1.